The zero-order valence-electron chi connectivity index (χ0n) is 14.9. The van der Waals surface area contributed by atoms with Crippen LogP contribution in [0.3, 0.4) is 0 Å². The van der Waals surface area contributed by atoms with Crippen molar-refractivity contribution in [2.45, 2.75) is 38.6 Å². The normalized spacial score (nSPS) is 17.2. The largest absolute Gasteiger partial charge is 0.480 e. The number of rotatable bonds is 5. The van der Waals surface area contributed by atoms with E-state index in [0.717, 1.165) is 19.4 Å². The fourth-order valence-electron chi connectivity index (χ4n) is 2.94. The molecular formula is C17H22N4O4. The zero-order valence-corrected chi connectivity index (χ0v) is 14.9. The first-order valence-corrected chi connectivity index (χ1v) is 8.28. The Kier molecular flexibility index (Phi) is 4.87. The minimum atomic E-state index is -0.478. The van der Waals surface area contributed by atoms with Gasteiger partial charge < -0.3 is 18.9 Å². The van der Waals surface area contributed by atoms with Gasteiger partial charge in [-0.3, -0.25) is 0 Å². The van der Waals surface area contributed by atoms with E-state index in [1.165, 1.54) is 14.2 Å². The summed E-state index contributed by atoms with van der Waals surface area (Å²) in [5, 5.41) is 4.14. The Hall–Kier alpha value is -2.64. The molecule has 0 N–H and O–H groups in total. The van der Waals surface area contributed by atoms with Crippen molar-refractivity contribution in [2.75, 3.05) is 25.7 Å². The number of ether oxygens (including phenoxy) is 2. The van der Waals surface area contributed by atoms with Crippen molar-refractivity contribution in [2.24, 2.45) is 0 Å². The molecule has 134 valence electrons. The van der Waals surface area contributed by atoms with Gasteiger partial charge in [-0.05, 0) is 25.0 Å². The highest BCUT2D eigenvalue weighted by Crippen LogP contribution is 2.35. The van der Waals surface area contributed by atoms with Gasteiger partial charge in [0.15, 0.2) is 5.82 Å². The molecule has 2 aromatic heterocycles. The van der Waals surface area contributed by atoms with E-state index in [2.05, 4.69) is 20.0 Å². The molecular weight excluding hydrogens is 324 g/mol. The lowest BCUT2D eigenvalue weighted by Crippen LogP contribution is -2.25. The summed E-state index contributed by atoms with van der Waals surface area (Å²) in [6.45, 7) is 4.85. The topological polar surface area (TPSA) is 90.6 Å². The van der Waals surface area contributed by atoms with Crippen molar-refractivity contribution < 1.29 is 18.8 Å². The second-order valence-corrected chi connectivity index (χ2v) is 6.21. The number of hydrogen-bond acceptors (Lipinski definition) is 8. The summed E-state index contributed by atoms with van der Waals surface area (Å²) in [5.74, 6) is 1.96. The van der Waals surface area contributed by atoms with Crippen molar-refractivity contribution in [3.8, 4) is 5.88 Å². The molecule has 1 fully saturated rings. The van der Waals surface area contributed by atoms with Crippen molar-refractivity contribution in [1.29, 1.82) is 0 Å². The van der Waals surface area contributed by atoms with Crippen LogP contribution in [-0.2, 0) is 4.74 Å². The molecule has 8 nitrogen and oxygen atoms in total. The predicted molar refractivity (Wildman–Crippen MR) is 89.8 cm³/mol. The molecule has 1 unspecified atom stereocenters. The first-order chi connectivity index (χ1) is 12.0. The van der Waals surface area contributed by atoms with Gasteiger partial charge in [0.2, 0.25) is 11.8 Å². The average Bonchev–Trinajstić information content (AvgIpc) is 3.29. The predicted octanol–water partition coefficient (Wildman–Crippen LogP) is 2.72. The Bertz CT molecular complexity index is 759. The van der Waals surface area contributed by atoms with Crippen molar-refractivity contribution in [3.63, 3.8) is 0 Å². The maximum absolute atomic E-state index is 11.8. The Morgan fingerprint density at radius 1 is 1.32 bits per heavy atom. The zero-order chi connectivity index (χ0) is 18.0. The molecule has 2 aromatic rings. The van der Waals surface area contributed by atoms with Crippen LogP contribution in [0.4, 0.5) is 5.82 Å². The van der Waals surface area contributed by atoms with E-state index < -0.39 is 5.97 Å². The van der Waals surface area contributed by atoms with Crippen LogP contribution in [0.25, 0.3) is 0 Å². The molecule has 1 aliphatic rings. The van der Waals surface area contributed by atoms with Gasteiger partial charge >= 0.3 is 5.97 Å². The number of pyridine rings is 1. The summed E-state index contributed by atoms with van der Waals surface area (Å²) < 4.78 is 15.4. The van der Waals surface area contributed by atoms with E-state index in [9.17, 15) is 4.79 Å². The number of nitrogens with zero attached hydrogens (tertiary/aromatic N) is 4. The highest BCUT2D eigenvalue weighted by Gasteiger charge is 2.32. The fraction of sp³-hybridized carbons (Fsp3) is 0.529. The summed E-state index contributed by atoms with van der Waals surface area (Å²) in [4.78, 5) is 22.9. The molecule has 1 atom stereocenters. The average molecular weight is 346 g/mol. The number of carbonyl (C=O) groups is 1. The molecule has 0 saturated carbocycles. The summed E-state index contributed by atoms with van der Waals surface area (Å²) in [5.41, 5.74) is 0.297. The maximum Gasteiger partial charge on any atom is 0.343 e. The molecule has 3 heterocycles. The van der Waals surface area contributed by atoms with E-state index >= 15 is 0 Å². The van der Waals surface area contributed by atoms with E-state index in [1.807, 2.05) is 13.8 Å². The highest BCUT2D eigenvalue weighted by molar-refractivity contribution is 5.92. The van der Waals surface area contributed by atoms with Crippen LogP contribution < -0.4 is 9.64 Å². The van der Waals surface area contributed by atoms with Crippen LogP contribution in [0, 0.1) is 0 Å². The van der Waals surface area contributed by atoms with E-state index in [4.69, 9.17) is 14.0 Å². The third-order valence-electron chi connectivity index (χ3n) is 4.24. The lowest BCUT2D eigenvalue weighted by atomic mass is 10.2. The lowest BCUT2D eigenvalue weighted by molar-refractivity contribution is 0.0596. The summed E-state index contributed by atoms with van der Waals surface area (Å²) in [7, 11) is 2.81. The van der Waals surface area contributed by atoms with E-state index in [1.54, 1.807) is 12.1 Å². The molecule has 25 heavy (non-hydrogen) atoms. The number of methoxy groups -OCH3 is 2. The number of aromatic nitrogens is 3. The van der Waals surface area contributed by atoms with Crippen LogP contribution in [0.5, 0.6) is 5.88 Å². The third-order valence-corrected chi connectivity index (χ3v) is 4.24. The fourth-order valence-corrected chi connectivity index (χ4v) is 2.94. The van der Waals surface area contributed by atoms with Gasteiger partial charge in [0.25, 0.3) is 0 Å². The van der Waals surface area contributed by atoms with Gasteiger partial charge in [0.1, 0.15) is 11.4 Å². The second kappa shape index (κ2) is 7.08. The van der Waals surface area contributed by atoms with Gasteiger partial charge in [0.05, 0.1) is 20.3 Å². The molecule has 0 spiro atoms. The Morgan fingerprint density at radius 2 is 2.12 bits per heavy atom. The van der Waals surface area contributed by atoms with Gasteiger partial charge in [-0.15, -0.1) is 0 Å². The number of esters is 1. The molecule has 8 heteroatoms. The monoisotopic (exact) mass is 346 g/mol. The van der Waals surface area contributed by atoms with Crippen LogP contribution in [0.15, 0.2) is 16.7 Å². The van der Waals surface area contributed by atoms with Crippen molar-refractivity contribution in [1.82, 2.24) is 15.1 Å². The Balaban J connectivity index is 1.90. The second-order valence-electron chi connectivity index (χ2n) is 6.21. The van der Waals surface area contributed by atoms with Crippen LogP contribution >= 0.6 is 0 Å². The first kappa shape index (κ1) is 17.2. The van der Waals surface area contributed by atoms with Gasteiger partial charge in [0, 0.05) is 12.5 Å². The van der Waals surface area contributed by atoms with Crippen LogP contribution in [0.1, 0.15) is 60.7 Å². The van der Waals surface area contributed by atoms with Crippen LogP contribution in [-0.4, -0.2) is 41.9 Å². The molecule has 0 radical (unpaired) electrons. The minimum Gasteiger partial charge on any atom is -0.480 e. The SMILES string of the molecule is COC(=O)c1ccc(N2CCCC2c2noc(C(C)C)n2)nc1OC. The molecule has 1 saturated heterocycles. The minimum absolute atomic E-state index is 0.00238. The van der Waals surface area contributed by atoms with Crippen molar-refractivity contribution >= 4 is 11.8 Å². The highest BCUT2D eigenvalue weighted by atomic mass is 16.5. The van der Waals surface area contributed by atoms with Gasteiger partial charge in [-0.25, -0.2) is 4.79 Å². The van der Waals surface area contributed by atoms with Gasteiger partial charge in [-0.1, -0.05) is 19.0 Å². The van der Waals surface area contributed by atoms with E-state index in [-0.39, 0.29) is 17.8 Å². The summed E-state index contributed by atoms with van der Waals surface area (Å²) in [6.07, 6.45) is 1.92. The molecule has 3 rings (SSSR count). The number of hydrogen-bond donors (Lipinski definition) is 0. The molecule has 1 aliphatic heterocycles. The first-order valence-electron chi connectivity index (χ1n) is 8.28. The number of carbonyl (C=O) groups excluding carboxylic acids is 1. The van der Waals surface area contributed by atoms with Crippen LogP contribution in [0.2, 0.25) is 0 Å². The summed E-state index contributed by atoms with van der Waals surface area (Å²) >= 11 is 0. The lowest BCUT2D eigenvalue weighted by Gasteiger charge is -2.24. The maximum atomic E-state index is 11.8. The smallest absolute Gasteiger partial charge is 0.343 e. The molecule has 0 amide bonds. The molecule has 0 bridgehead atoms. The third kappa shape index (κ3) is 3.29. The molecule has 0 aliphatic carbocycles. The Labute approximate surface area is 146 Å². The standard InChI is InChI=1S/C17H22N4O4/c1-10(2)15-19-14(20-25-15)12-6-5-9-21(12)13-8-7-11(17(22)24-4)16(18-13)23-3/h7-8,10,12H,5-6,9H2,1-4H3. The molecule has 0 aromatic carbocycles. The van der Waals surface area contributed by atoms with Gasteiger partial charge in [-0.2, -0.15) is 9.97 Å². The van der Waals surface area contributed by atoms with E-state index in [0.29, 0.717) is 23.1 Å². The van der Waals surface area contributed by atoms with Crippen molar-refractivity contribution in [3.05, 3.63) is 29.4 Å². The quantitative estimate of drug-likeness (QED) is 0.763. The Morgan fingerprint density at radius 3 is 2.76 bits per heavy atom. The summed E-state index contributed by atoms with van der Waals surface area (Å²) in [6, 6.07) is 3.45. The number of anilines is 1.